The molecule has 0 atom stereocenters. The molecule has 2 rings (SSSR count). The van der Waals surface area contributed by atoms with E-state index in [4.69, 9.17) is 28.3 Å². The van der Waals surface area contributed by atoms with Crippen LogP contribution in [-0.2, 0) is 14.3 Å². The fourth-order valence-corrected chi connectivity index (χ4v) is 2.65. The summed E-state index contributed by atoms with van der Waals surface area (Å²) in [6.07, 6.45) is 0. The summed E-state index contributed by atoms with van der Waals surface area (Å²) in [4.78, 5) is 25.4. The quantitative estimate of drug-likeness (QED) is 0.781. The predicted octanol–water partition coefficient (Wildman–Crippen LogP) is 1.81. The smallest absolute Gasteiger partial charge is 0.337 e. The third kappa shape index (κ3) is 3.57. The minimum atomic E-state index is -0.771. The van der Waals surface area contributed by atoms with Gasteiger partial charge in [-0.2, -0.15) is 0 Å². The van der Waals surface area contributed by atoms with Crippen molar-refractivity contribution in [3.05, 3.63) is 39.3 Å². The topological polar surface area (TPSA) is 78.9 Å². The average molecular weight is 363 g/mol. The number of rotatable bonds is 5. The number of nitrogens with one attached hydrogen (secondary N) is 1. The van der Waals surface area contributed by atoms with Gasteiger partial charge in [-0.25, -0.2) is 9.18 Å². The minimum Gasteiger partial charge on any atom is -0.466 e. The Morgan fingerprint density at radius 1 is 1.48 bits per heavy atom. The van der Waals surface area contributed by atoms with Crippen molar-refractivity contribution >= 4 is 40.8 Å². The summed E-state index contributed by atoms with van der Waals surface area (Å²) in [7, 11) is 1.17. The van der Waals surface area contributed by atoms with E-state index in [2.05, 4.69) is 10.1 Å². The number of carbonyl (C=O) groups excluding carboxylic acids is 2. The Morgan fingerprint density at radius 2 is 2.17 bits per heavy atom. The molecule has 0 radical (unpaired) electrons. The summed E-state index contributed by atoms with van der Waals surface area (Å²) in [6.45, 7) is -0.300. The van der Waals surface area contributed by atoms with Crippen molar-refractivity contribution in [3.8, 4) is 0 Å². The summed E-state index contributed by atoms with van der Waals surface area (Å²) >= 11 is 11.6. The second kappa shape index (κ2) is 7.16. The zero-order chi connectivity index (χ0) is 17.1. The Kier molecular flexibility index (Phi) is 5.46. The number of esters is 1. The molecule has 0 fully saturated rings. The summed E-state index contributed by atoms with van der Waals surface area (Å²) in [6, 6.07) is 2.33. The minimum absolute atomic E-state index is 0.0244. The molecule has 1 aliphatic rings. The summed E-state index contributed by atoms with van der Waals surface area (Å²) in [5.41, 5.74) is -0.295. The second-order valence-electron chi connectivity index (χ2n) is 4.66. The lowest BCUT2D eigenvalue weighted by Crippen LogP contribution is -2.31. The van der Waals surface area contributed by atoms with Crippen LogP contribution in [0, 0.1) is 5.82 Å². The fraction of sp³-hybridized carbons (Fsp3) is 0.286. The van der Waals surface area contributed by atoms with Crippen LogP contribution in [0.25, 0.3) is 0 Å². The van der Waals surface area contributed by atoms with E-state index >= 15 is 0 Å². The number of nitrogens with zero attached hydrogens (tertiary/aromatic N) is 1. The number of ether oxygens (including phenoxy) is 1. The molecule has 124 valence electrons. The van der Waals surface area contributed by atoms with Crippen LogP contribution in [0.5, 0.6) is 0 Å². The maximum Gasteiger partial charge on any atom is 0.337 e. The largest absolute Gasteiger partial charge is 0.466 e. The molecular weight excluding hydrogens is 350 g/mol. The maximum absolute atomic E-state index is 14.0. The molecule has 1 aliphatic heterocycles. The van der Waals surface area contributed by atoms with Gasteiger partial charge in [-0.05, 0) is 12.1 Å². The number of aliphatic hydroxyl groups excluding tert-OH is 1. The Balaban J connectivity index is 2.41. The third-order valence-electron chi connectivity index (χ3n) is 3.21. The highest BCUT2D eigenvalue weighted by atomic mass is 35.5. The molecule has 1 heterocycles. The third-order valence-corrected chi connectivity index (χ3v) is 3.73. The van der Waals surface area contributed by atoms with Crippen molar-refractivity contribution in [1.29, 1.82) is 0 Å². The van der Waals surface area contributed by atoms with E-state index in [1.54, 1.807) is 0 Å². The van der Waals surface area contributed by atoms with Gasteiger partial charge < -0.3 is 20.1 Å². The Morgan fingerprint density at radius 3 is 2.74 bits per heavy atom. The molecule has 0 saturated heterocycles. The van der Waals surface area contributed by atoms with Crippen molar-refractivity contribution in [3.63, 3.8) is 0 Å². The van der Waals surface area contributed by atoms with Gasteiger partial charge in [-0.15, -0.1) is 0 Å². The first kappa shape index (κ1) is 17.5. The van der Waals surface area contributed by atoms with Crippen LogP contribution >= 0.6 is 23.2 Å². The highest BCUT2D eigenvalue weighted by Crippen LogP contribution is 2.32. The summed E-state index contributed by atoms with van der Waals surface area (Å²) in [5.74, 6) is -2.07. The SMILES string of the molecule is COC(=O)C1=C(Nc2c(F)cc(Cl)cc2Cl)C(=O)N(CCO)C1. The number of aliphatic hydroxyl groups is 1. The number of β-amino-alcohol motifs (C(OH)–C–C–N with tert-alkyl or cyclic N) is 1. The molecule has 1 aromatic carbocycles. The molecule has 23 heavy (non-hydrogen) atoms. The number of benzene rings is 1. The first-order chi connectivity index (χ1) is 10.9. The number of methoxy groups -OCH3 is 1. The van der Waals surface area contributed by atoms with Crippen LogP contribution < -0.4 is 5.32 Å². The van der Waals surface area contributed by atoms with Gasteiger partial charge in [-0.3, -0.25) is 4.79 Å². The van der Waals surface area contributed by atoms with Gasteiger partial charge in [0.2, 0.25) is 0 Å². The van der Waals surface area contributed by atoms with E-state index in [0.717, 1.165) is 6.07 Å². The summed E-state index contributed by atoms with van der Waals surface area (Å²) in [5, 5.41) is 11.6. The standard InChI is InChI=1S/C14H13Cl2FN2O4/c1-23-14(22)8-6-19(2-3-20)13(21)11(8)18-12-9(16)4-7(15)5-10(12)17/h4-5,18,20H,2-3,6H2,1H3. The van der Waals surface area contributed by atoms with E-state index in [-0.39, 0.29) is 46.7 Å². The average Bonchev–Trinajstić information content (AvgIpc) is 2.79. The van der Waals surface area contributed by atoms with E-state index in [0.29, 0.717) is 0 Å². The lowest BCUT2D eigenvalue weighted by atomic mass is 10.2. The monoisotopic (exact) mass is 362 g/mol. The number of carbonyl (C=O) groups is 2. The van der Waals surface area contributed by atoms with Gasteiger partial charge in [0, 0.05) is 11.6 Å². The van der Waals surface area contributed by atoms with Gasteiger partial charge in [0.25, 0.3) is 5.91 Å². The van der Waals surface area contributed by atoms with E-state index in [9.17, 15) is 14.0 Å². The number of hydrogen-bond acceptors (Lipinski definition) is 5. The molecule has 6 nitrogen and oxygen atoms in total. The van der Waals surface area contributed by atoms with Crippen molar-refractivity contribution < 1.29 is 23.8 Å². The van der Waals surface area contributed by atoms with Crippen LogP contribution in [0.4, 0.5) is 10.1 Å². The van der Waals surface area contributed by atoms with Gasteiger partial charge in [0.05, 0.1) is 36.5 Å². The van der Waals surface area contributed by atoms with Crippen LogP contribution in [0.3, 0.4) is 0 Å². The molecule has 0 aromatic heterocycles. The van der Waals surface area contributed by atoms with Crippen molar-refractivity contribution in [1.82, 2.24) is 4.90 Å². The first-order valence-electron chi connectivity index (χ1n) is 6.52. The zero-order valence-electron chi connectivity index (χ0n) is 12.0. The van der Waals surface area contributed by atoms with E-state index in [1.165, 1.54) is 18.1 Å². The highest BCUT2D eigenvalue weighted by Gasteiger charge is 2.35. The van der Waals surface area contributed by atoms with E-state index in [1.807, 2.05) is 0 Å². The van der Waals surface area contributed by atoms with Crippen LogP contribution in [0.15, 0.2) is 23.4 Å². The van der Waals surface area contributed by atoms with Crippen LogP contribution in [0.1, 0.15) is 0 Å². The molecular formula is C14H13Cl2FN2O4. The second-order valence-corrected chi connectivity index (χ2v) is 5.51. The number of halogens is 3. The lowest BCUT2D eigenvalue weighted by Gasteiger charge is -2.15. The van der Waals surface area contributed by atoms with Gasteiger partial charge >= 0.3 is 5.97 Å². The van der Waals surface area contributed by atoms with Crippen LogP contribution in [-0.4, -0.2) is 48.7 Å². The zero-order valence-corrected chi connectivity index (χ0v) is 13.5. The predicted molar refractivity (Wildman–Crippen MR) is 82.8 cm³/mol. The summed E-state index contributed by atoms with van der Waals surface area (Å²) < 4.78 is 18.6. The highest BCUT2D eigenvalue weighted by molar-refractivity contribution is 6.36. The molecule has 0 aliphatic carbocycles. The van der Waals surface area contributed by atoms with Crippen molar-refractivity contribution in [2.45, 2.75) is 0 Å². The van der Waals surface area contributed by atoms with Gasteiger partial charge in [-0.1, -0.05) is 23.2 Å². The Labute approximate surface area is 141 Å². The van der Waals surface area contributed by atoms with Crippen molar-refractivity contribution in [2.75, 3.05) is 32.1 Å². The fourth-order valence-electron chi connectivity index (χ4n) is 2.14. The van der Waals surface area contributed by atoms with Crippen molar-refractivity contribution in [2.24, 2.45) is 0 Å². The first-order valence-corrected chi connectivity index (χ1v) is 7.27. The molecule has 1 aromatic rings. The molecule has 0 saturated carbocycles. The molecule has 9 heteroatoms. The van der Waals surface area contributed by atoms with Gasteiger partial charge in [0.1, 0.15) is 11.5 Å². The molecule has 0 unspecified atom stereocenters. The Hall–Kier alpha value is -1.83. The van der Waals surface area contributed by atoms with Crippen LogP contribution in [0.2, 0.25) is 10.0 Å². The Bertz CT molecular complexity index is 670. The van der Waals surface area contributed by atoms with E-state index < -0.39 is 17.7 Å². The van der Waals surface area contributed by atoms with Gasteiger partial charge in [0.15, 0.2) is 0 Å². The number of amides is 1. The molecule has 1 amide bonds. The lowest BCUT2D eigenvalue weighted by molar-refractivity contribution is -0.136. The normalized spacial score (nSPS) is 14.5. The number of anilines is 1. The maximum atomic E-state index is 14.0. The number of hydrogen-bond donors (Lipinski definition) is 2. The molecule has 0 spiro atoms. The molecule has 2 N–H and O–H groups in total. The molecule has 0 bridgehead atoms.